The Labute approximate surface area is 91.5 Å². The van der Waals surface area contributed by atoms with E-state index in [1.54, 1.807) is 17.1 Å². The number of nitrogens with two attached hydrogens (primary N) is 1. The Morgan fingerprint density at radius 3 is 3.00 bits per heavy atom. The van der Waals surface area contributed by atoms with Crippen molar-refractivity contribution in [3.05, 3.63) is 42.4 Å². The lowest BCUT2D eigenvalue weighted by Gasteiger charge is -1.95. The van der Waals surface area contributed by atoms with Gasteiger partial charge in [-0.05, 0) is 6.07 Å². The molecule has 0 bridgehead atoms. The van der Waals surface area contributed by atoms with Crippen molar-refractivity contribution < 1.29 is 4.42 Å². The first-order valence-electron chi connectivity index (χ1n) is 4.96. The molecule has 0 radical (unpaired) electrons. The maximum Gasteiger partial charge on any atom is 0.323 e. The molecule has 0 unspecified atom stereocenters. The molecular formula is C11H10N4O. The van der Waals surface area contributed by atoms with Gasteiger partial charge in [-0.2, -0.15) is 14.8 Å². The van der Waals surface area contributed by atoms with Gasteiger partial charge in [-0.1, -0.05) is 18.2 Å². The normalized spacial score (nSPS) is 11.1. The number of hydrogen-bond acceptors (Lipinski definition) is 4. The molecule has 0 fully saturated rings. The predicted octanol–water partition coefficient (Wildman–Crippen LogP) is 1.47. The van der Waals surface area contributed by atoms with Crippen molar-refractivity contribution in [2.24, 2.45) is 5.73 Å². The summed E-state index contributed by atoms with van der Waals surface area (Å²) in [6.07, 6.45) is 3.33. The Hall–Kier alpha value is -2.14. The number of rotatable bonds is 2. The largest absolute Gasteiger partial charge is 0.430 e. The number of oxazole rings is 1. The van der Waals surface area contributed by atoms with Crippen molar-refractivity contribution in [3.8, 4) is 6.01 Å². The fraction of sp³-hybridized carbons (Fsp3) is 0.0909. The predicted molar refractivity (Wildman–Crippen MR) is 59.0 cm³/mol. The lowest BCUT2D eigenvalue weighted by molar-refractivity contribution is 0.514. The Balaban J connectivity index is 2.18. The quantitative estimate of drug-likeness (QED) is 0.701. The van der Waals surface area contributed by atoms with E-state index in [0.717, 1.165) is 16.6 Å². The van der Waals surface area contributed by atoms with E-state index < -0.39 is 0 Å². The molecule has 80 valence electrons. The standard InChI is InChI=1S/C11H10N4O/c12-5-9-7-16-11(14-9)15-10-4-2-1-3-8(10)6-13-15/h1-4,6-7H,5,12H2. The highest BCUT2D eigenvalue weighted by Crippen LogP contribution is 2.17. The molecule has 5 heteroatoms. The fourth-order valence-corrected chi connectivity index (χ4v) is 1.61. The highest BCUT2D eigenvalue weighted by atomic mass is 16.4. The van der Waals surface area contributed by atoms with Gasteiger partial charge < -0.3 is 10.2 Å². The van der Waals surface area contributed by atoms with Gasteiger partial charge in [0.2, 0.25) is 0 Å². The molecule has 3 aromatic rings. The van der Waals surface area contributed by atoms with E-state index in [2.05, 4.69) is 10.1 Å². The van der Waals surface area contributed by atoms with Crippen LogP contribution in [0.25, 0.3) is 16.9 Å². The molecule has 0 aliphatic heterocycles. The lowest BCUT2D eigenvalue weighted by atomic mass is 10.3. The van der Waals surface area contributed by atoms with E-state index in [9.17, 15) is 0 Å². The van der Waals surface area contributed by atoms with Gasteiger partial charge in [0.1, 0.15) is 6.26 Å². The summed E-state index contributed by atoms with van der Waals surface area (Å²) in [6.45, 7) is 0.364. The van der Waals surface area contributed by atoms with Crippen LogP contribution in [0.1, 0.15) is 5.69 Å². The summed E-state index contributed by atoms with van der Waals surface area (Å²) in [7, 11) is 0. The molecule has 2 aromatic heterocycles. The summed E-state index contributed by atoms with van der Waals surface area (Å²) in [6, 6.07) is 8.32. The highest BCUT2D eigenvalue weighted by Gasteiger charge is 2.09. The zero-order valence-corrected chi connectivity index (χ0v) is 8.50. The van der Waals surface area contributed by atoms with E-state index in [0.29, 0.717) is 12.6 Å². The monoisotopic (exact) mass is 214 g/mol. The molecule has 0 atom stereocenters. The number of aromatic nitrogens is 3. The van der Waals surface area contributed by atoms with Gasteiger partial charge in [0.25, 0.3) is 0 Å². The zero-order valence-electron chi connectivity index (χ0n) is 8.50. The second-order valence-corrected chi connectivity index (χ2v) is 3.44. The van der Waals surface area contributed by atoms with Gasteiger partial charge in [0.05, 0.1) is 17.4 Å². The first-order chi connectivity index (χ1) is 7.88. The van der Waals surface area contributed by atoms with E-state index in [-0.39, 0.29) is 0 Å². The number of para-hydroxylation sites is 1. The summed E-state index contributed by atoms with van der Waals surface area (Å²) in [5, 5.41) is 5.28. The third-order valence-electron chi connectivity index (χ3n) is 2.41. The SMILES string of the molecule is NCc1coc(-n2ncc3ccccc32)n1. The Kier molecular flexibility index (Phi) is 1.97. The van der Waals surface area contributed by atoms with Crippen LogP contribution in [0, 0.1) is 0 Å². The first kappa shape index (κ1) is 9.11. The smallest absolute Gasteiger partial charge is 0.323 e. The van der Waals surface area contributed by atoms with Crippen LogP contribution in [-0.4, -0.2) is 14.8 Å². The van der Waals surface area contributed by atoms with Crippen molar-refractivity contribution in [1.82, 2.24) is 14.8 Å². The van der Waals surface area contributed by atoms with Crippen molar-refractivity contribution in [3.63, 3.8) is 0 Å². The van der Waals surface area contributed by atoms with Gasteiger partial charge in [0, 0.05) is 11.9 Å². The summed E-state index contributed by atoms with van der Waals surface area (Å²) in [4.78, 5) is 4.23. The molecule has 1 aromatic carbocycles. The lowest BCUT2D eigenvalue weighted by Crippen LogP contribution is -1.99. The first-order valence-corrected chi connectivity index (χ1v) is 4.96. The molecule has 2 heterocycles. The molecule has 0 aliphatic rings. The van der Waals surface area contributed by atoms with Crippen molar-refractivity contribution in [1.29, 1.82) is 0 Å². The van der Waals surface area contributed by atoms with Crippen LogP contribution in [0.5, 0.6) is 0 Å². The molecule has 5 nitrogen and oxygen atoms in total. The molecule has 0 aliphatic carbocycles. The molecule has 0 saturated carbocycles. The van der Waals surface area contributed by atoms with Crippen molar-refractivity contribution >= 4 is 10.9 Å². The average Bonchev–Trinajstić information content (AvgIpc) is 2.94. The second-order valence-electron chi connectivity index (χ2n) is 3.44. The van der Waals surface area contributed by atoms with Crippen LogP contribution >= 0.6 is 0 Å². The molecule has 0 amide bonds. The van der Waals surface area contributed by atoms with E-state index in [4.69, 9.17) is 10.2 Å². The maximum absolute atomic E-state index is 5.48. The molecule has 16 heavy (non-hydrogen) atoms. The molecule has 0 spiro atoms. The highest BCUT2D eigenvalue weighted by molar-refractivity contribution is 5.79. The second kappa shape index (κ2) is 3.46. The van der Waals surface area contributed by atoms with Crippen LogP contribution in [0.4, 0.5) is 0 Å². The van der Waals surface area contributed by atoms with Crippen molar-refractivity contribution in [2.75, 3.05) is 0 Å². The Bertz CT molecular complexity index is 625. The van der Waals surface area contributed by atoms with Gasteiger partial charge in [-0.15, -0.1) is 0 Å². The number of nitrogens with zero attached hydrogens (tertiary/aromatic N) is 3. The third-order valence-corrected chi connectivity index (χ3v) is 2.41. The van der Waals surface area contributed by atoms with Crippen molar-refractivity contribution in [2.45, 2.75) is 6.54 Å². The van der Waals surface area contributed by atoms with Gasteiger partial charge in [-0.3, -0.25) is 0 Å². The summed E-state index contributed by atoms with van der Waals surface area (Å²) < 4.78 is 6.98. The Morgan fingerprint density at radius 2 is 2.19 bits per heavy atom. The average molecular weight is 214 g/mol. The molecular weight excluding hydrogens is 204 g/mol. The van der Waals surface area contributed by atoms with Crippen LogP contribution in [-0.2, 0) is 6.54 Å². The maximum atomic E-state index is 5.48. The van der Waals surface area contributed by atoms with E-state index >= 15 is 0 Å². The molecule has 2 N–H and O–H groups in total. The van der Waals surface area contributed by atoms with Gasteiger partial charge in [-0.25, -0.2) is 0 Å². The fourth-order valence-electron chi connectivity index (χ4n) is 1.61. The summed E-state index contributed by atoms with van der Waals surface area (Å²) in [5.74, 6) is 0. The number of benzene rings is 1. The minimum atomic E-state index is 0.364. The minimum absolute atomic E-state index is 0.364. The van der Waals surface area contributed by atoms with Crippen LogP contribution in [0.2, 0.25) is 0 Å². The number of fused-ring (bicyclic) bond motifs is 1. The van der Waals surface area contributed by atoms with Crippen LogP contribution in [0.3, 0.4) is 0 Å². The van der Waals surface area contributed by atoms with Gasteiger partial charge in [0.15, 0.2) is 0 Å². The Morgan fingerprint density at radius 1 is 1.31 bits per heavy atom. The zero-order chi connectivity index (χ0) is 11.0. The third kappa shape index (κ3) is 1.30. The molecule has 3 rings (SSSR count). The molecule has 0 saturated heterocycles. The van der Waals surface area contributed by atoms with Crippen LogP contribution in [0.15, 0.2) is 41.1 Å². The van der Waals surface area contributed by atoms with E-state index in [1.807, 2.05) is 24.3 Å². The summed E-state index contributed by atoms with van der Waals surface area (Å²) in [5.41, 5.74) is 7.16. The minimum Gasteiger partial charge on any atom is -0.430 e. The summed E-state index contributed by atoms with van der Waals surface area (Å²) >= 11 is 0. The topological polar surface area (TPSA) is 69.9 Å². The van der Waals surface area contributed by atoms with Crippen LogP contribution < -0.4 is 5.73 Å². The van der Waals surface area contributed by atoms with Gasteiger partial charge >= 0.3 is 6.01 Å². The van der Waals surface area contributed by atoms with E-state index in [1.165, 1.54) is 0 Å². The number of hydrogen-bond donors (Lipinski definition) is 1.